The SMILES string of the molecule is C=CC(=O)OC1CC1.C=CC(=O)[O-].C=CC(=O)[O-].CCC[CH2][Zn+2]. The number of carbonyl (C=O) groups is 3. The van der Waals surface area contributed by atoms with E-state index < -0.39 is 11.9 Å². The number of esters is 1. The van der Waals surface area contributed by atoms with Crippen molar-refractivity contribution in [2.24, 2.45) is 0 Å². The van der Waals surface area contributed by atoms with Crippen LogP contribution in [0.1, 0.15) is 32.6 Å². The molecule has 0 radical (unpaired) electrons. The Bertz CT molecular complexity index is 355. The van der Waals surface area contributed by atoms with Gasteiger partial charge >= 0.3 is 49.1 Å². The first-order chi connectivity index (χ1) is 10.8. The van der Waals surface area contributed by atoms with Gasteiger partial charge in [0.05, 0.1) is 11.9 Å². The Morgan fingerprint density at radius 3 is 1.61 bits per heavy atom. The predicted molar refractivity (Wildman–Crippen MR) is 79.4 cm³/mol. The van der Waals surface area contributed by atoms with Gasteiger partial charge in [-0.25, -0.2) is 4.79 Å². The second-order valence-electron chi connectivity index (χ2n) is 4.09. The first-order valence-electron chi connectivity index (χ1n) is 7.07. The van der Waals surface area contributed by atoms with Crippen LogP contribution < -0.4 is 10.2 Å². The van der Waals surface area contributed by atoms with E-state index in [-0.39, 0.29) is 12.1 Å². The van der Waals surface area contributed by atoms with E-state index in [1.165, 1.54) is 42.2 Å². The quantitative estimate of drug-likeness (QED) is 0.379. The van der Waals surface area contributed by atoms with E-state index >= 15 is 0 Å². The Morgan fingerprint density at radius 2 is 1.48 bits per heavy atom. The van der Waals surface area contributed by atoms with Crippen LogP contribution in [-0.2, 0) is 37.4 Å². The van der Waals surface area contributed by atoms with Crippen molar-refractivity contribution in [3.05, 3.63) is 38.0 Å². The van der Waals surface area contributed by atoms with E-state index in [0.717, 1.165) is 25.0 Å². The monoisotopic (exact) mass is 375 g/mol. The average molecular weight is 377 g/mol. The summed E-state index contributed by atoms with van der Waals surface area (Å²) in [5, 5.41) is 19.7. The van der Waals surface area contributed by atoms with Crippen molar-refractivity contribution in [2.75, 3.05) is 0 Å². The van der Waals surface area contributed by atoms with Gasteiger partial charge in [-0.3, -0.25) is 0 Å². The van der Waals surface area contributed by atoms with Crippen LogP contribution in [-0.4, -0.2) is 24.0 Å². The van der Waals surface area contributed by atoms with Crippen molar-refractivity contribution < 1.29 is 47.6 Å². The van der Waals surface area contributed by atoms with Gasteiger partial charge in [0, 0.05) is 6.08 Å². The summed E-state index contributed by atoms with van der Waals surface area (Å²) in [6.45, 7) is 11.3. The molecule has 0 aliphatic heterocycles. The Morgan fingerprint density at radius 1 is 1.09 bits per heavy atom. The Hall–Kier alpha value is -1.75. The average Bonchev–Trinajstić information content (AvgIpc) is 3.33. The molecule has 0 N–H and O–H groups in total. The summed E-state index contributed by atoms with van der Waals surface area (Å²) < 4.78 is 4.75. The van der Waals surface area contributed by atoms with Gasteiger partial charge in [-0.1, -0.05) is 19.7 Å². The molecular formula is C16H23O6Zn. The third-order valence-corrected chi connectivity index (χ3v) is 2.96. The number of carbonyl (C=O) groups excluding carboxylic acids is 3. The van der Waals surface area contributed by atoms with Crippen LogP contribution in [0, 0.1) is 0 Å². The van der Waals surface area contributed by atoms with Crippen molar-refractivity contribution >= 4 is 17.9 Å². The molecule has 1 rings (SSSR count). The molecule has 1 fully saturated rings. The number of aliphatic carboxylic acids is 2. The maximum atomic E-state index is 10.3. The van der Waals surface area contributed by atoms with E-state index in [9.17, 15) is 4.79 Å². The molecule has 7 heteroatoms. The van der Waals surface area contributed by atoms with Crippen LogP contribution in [0.4, 0.5) is 0 Å². The van der Waals surface area contributed by atoms with Gasteiger partial charge in [-0.05, 0) is 25.0 Å². The molecule has 0 unspecified atom stereocenters. The third kappa shape index (κ3) is 38.4. The second-order valence-corrected chi connectivity index (χ2v) is 5.58. The minimum atomic E-state index is -1.23. The number of hydrogen-bond donors (Lipinski definition) is 0. The topological polar surface area (TPSA) is 107 Å². The van der Waals surface area contributed by atoms with Crippen molar-refractivity contribution in [1.29, 1.82) is 0 Å². The molecule has 0 bridgehead atoms. The number of carboxylic acid groups (broad SMARTS) is 2. The summed E-state index contributed by atoms with van der Waals surface area (Å²) in [5.41, 5.74) is 0. The van der Waals surface area contributed by atoms with Gasteiger partial charge in [-0.15, -0.1) is 0 Å². The van der Waals surface area contributed by atoms with Gasteiger partial charge in [0.15, 0.2) is 0 Å². The summed E-state index contributed by atoms with van der Waals surface area (Å²) in [6.07, 6.45) is 7.72. The molecule has 125 valence electrons. The van der Waals surface area contributed by atoms with Crippen molar-refractivity contribution in [2.45, 2.75) is 43.7 Å². The zero-order valence-corrected chi connectivity index (χ0v) is 16.6. The van der Waals surface area contributed by atoms with Gasteiger partial charge in [-0.2, -0.15) is 0 Å². The number of hydrogen-bond acceptors (Lipinski definition) is 6. The van der Waals surface area contributed by atoms with Crippen LogP contribution in [0.3, 0.4) is 0 Å². The Kier molecular flexibility index (Phi) is 23.0. The van der Waals surface area contributed by atoms with Crippen molar-refractivity contribution in [3.8, 4) is 0 Å². The third-order valence-electron chi connectivity index (χ3n) is 1.91. The molecule has 0 spiro atoms. The molecular weight excluding hydrogens is 354 g/mol. The van der Waals surface area contributed by atoms with Crippen molar-refractivity contribution in [1.82, 2.24) is 0 Å². The number of ether oxygens (including phenoxy) is 1. The Labute approximate surface area is 147 Å². The molecule has 1 saturated carbocycles. The van der Waals surface area contributed by atoms with Crippen molar-refractivity contribution in [3.63, 3.8) is 0 Å². The number of carboxylic acids is 2. The van der Waals surface area contributed by atoms with E-state index in [2.05, 4.69) is 26.7 Å². The molecule has 0 atom stereocenters. The molecule has 0 heterocycles. The first-order valence-corrected chi connectivity index (χ1v) is 9.17. The van der Waals surface area contributed by atoms with E-state index in [1.807, 2.05) is 0 Å². The summed E-state index contributed by atoms with van der Waals surface area (Å²) >= 11 is 1.48. The normalized spacial score (nSPS) is 10.7. The molecule has 6 nitrogen and oxygen atoms in total. The maximum absolute atomic E-state index is 10.3. The van der Waals surface area contributed by atoms with Crippen LogP contribution in [0.5, 0.6) is 0 Å². The van der Waals surface area contributed by atoms with Crippen LogP contribution >= 0.6 is 0 Å². The zero-order chi connectivity index (χ0) is 18.7. The summed E-state index contributed by atoms with van der Waals surface area (Å²) in [6, 6.07) is 0. The summed E-state index contributed by atoms with van der Waals surface area (Å²) in [4.78, 5) is 28.6. The molecule has 0 aromatic heterocycles. The fourth-order valence-corrected chi connectivity index (χ4v) is 1.70. The Balaban J connectivity index is -0.000000240. The van der Waals surface area contributed by atoms with Gasteiger partial charge in [0.1, 0.15) is 6.10 Å². The zero-order valence-electron chi connectivity index (χ0n) is 13.6. The van der Waals surface area contributed by atoms with Gasteiger partial charge in [0.2, 0.25) is 0 Å². The molecule has 1 aliphatic carbocycles. The minimum absolute atomic E-state index is 0.209. The predicted octanol–water partition coefficient (Wildman–Crippen LogP) is 0.474. The van der Waals surface area contributed by atoms with E-state index in [4.69, 9.17) is 24.5 Å². The standard InChI is InChI=1S/C6H8O2.C4H9.2C3H4O2.Zn/c1-2-6(7)8-5-3-4-5;1-3-4-2;2*1-2-3(4)5;/h2,5H,1,3-4H2;1,3-4H2,2H3;2*2H,1H2,(H,4,5);/q;;;;+2/p-2. The fourth-order valence-electron chi connectivity index (χ4n) is 0.648. The van der Waals surface area contributed by atoms with Crippen LogP contribution in [0.25, 0.3) is 0 Å². The fraction of sp³-hybridized carbons (Fsp3) is 0.438. The molecule has 1 aliphatic rings. The summed E-state index contributed by atoms with van der Waals surface area (Å²) in [5.74, 6) is -2.76. The van der Waals surface area contributed by atoms with E-state index in [1.54, 1.807) is 0 Å². The molecule has 0 aromatic carbocycles. The van der Waals surface area contributed by atoms with Crippen LogP contribution in [0.15, 0.2) is 38.0 Å². The van der Waals surface area contributed by atoms with Gasteiger partial charge in [0.25, 0.3) is 0 Å². The molecule has 0 saturated heterocycles. The van der Waals surface area contributed by atoms with E-state index in [0.29, 0.717) is 0 Å². The molecule has 23 heavy (non-hydrogen) atoms. The molecule has 0 amide bonds. The summed E-state index contributed by atoms with van der Waals surface area (Å²) in [7, 11) is 0. The first kappa shape index (κ1) is 26.2. The van der Waals surface area contributed by atoms with Gasteiger partial charge < -0.3 is 24.5 Å². The number of rotatable bonds is 6. The second kappa shape index (κ2) is 20.3. The van der Waals surface area contributed by atoms with Crippen LogP contribution in [0.2, 0.25) is 5.02 Å². The molecule has 0 aromatic rings. The number of unbranched alkanes of at least 4 members (excludes halogenated alkanes) is 1.